The molecule has 2 aromatic rings. The SMILES string of the molecule is CN=C(NCC(C)c1cccs1)NCC(c1ccc(OC)c(OC)c1)N(C)C.I. The third-order valence-electron chi connectivity index (χ3n) is 4.71. The normalized spacial score (nSPS) is 13.4. The molecular formula is C21H33IN4O2S. The van der Waals surface area contributed by atoms with Gasteiger partial charge in [0, 0.05) is 30.9 Å². The Balaban J connectivity index is 0.00000420. The van der Waals surface area contributed by atoms with Gasteiger partial charge in [0.1, 0.15) is 0 Å². The highest BCUT2D eigenvalue weighted by atomic mass is 127. The molecule has 0 radical (unpaired) electrons. The molecule has 2 N–H and O–H groups in total. The second kappa shape index (κ2) is 12.9. The van der Waals surface area contributed by atoms with E-state index in [0.29, 0.717) is 5.92 Å². The summed E-state index contributed by atoms with van der Waals surface area (Å²) >= 11 is 1.79. The van der Waals surface area contributed by atoms with Crippen LogP contribution in [0.5, 0.6) is 11.5 Å². The van der Waals surface area contributed by atoms with Gasteiger partial charge in [0.25, 0.3) is 0 Å². The molecule has 29 heavy (non-hydrogen) atoms. The minimum absolute atomic E-state index is 0. The molecule has 0 aliphatic rings. The van der Waals surface area contributed by atoms with Gasteiger partial charge in [-0.1, -0.05) is 19.1 Å². The number of rotatable bonds is 9. The maximum Gasteiger partial charge on any atom is 0.191 e. The number of likely N-dealkylation sites (N-methyl/N-ethyl adjacent to an activating group) is 1. The molecule has 1 aromatic carbocycles. The molecule has 2 atom stereocenters. The van der Waals surface area contributed by atoms with E-state index < -0.39 is 0 Å². The first kappa shape index (κ1) is 25.5. The number of ether oxygens (including phenoxy) is 2. The van der Waals surface area contributed by atoms with Crippen LogP contribution >= 0.6 is 35.3 Å². The van der Waals surface area contributed by atoms with Crippen LogP contribution in [0.3, 0.4) is 0 Å². The number of hydrogen-bond acceptors (Lipinski definition) is 5. The summed E-state index contributed by atoms with van der Waals surface area (Å²) in [5, 5.41) is 8.99. The first-order valence-corrected chi connectivity index (χ1v) is 10.2. The molecule has 1 heterocycles. The largest absolute Gasteiger partial charge is 0.493 e. The highest BCUT2D eigenvalue weighted by Gasteiger charge is 2.17. The fourth-order valence-corrected chi connectivity index (χ4v) is 3.78. The van der Waals surface area contributed by atoms with Crippen LogP contribution < -0.4 is 20.1 Å². The molecule has 0 saturated carbocycles. The molecular weight excluding hydrogens is 499 g/mol. The van der Waals surface area contributed by atoms with Gasteiger partial charge in [-0.15, -0.1) is 35.3 Å². The van der Waals surface area contributed by atoms with Crippen molar-refractivity contribution in [1.29, 1.82) is 0 Å². The van der Waals surface area contributed by atoms with Crippen LogP contribution in [0, 0.1) is 0 Å². The van der Waals surface area contributed by atoms with E-state index in [2.05, 4.69) is 65.1 Å². The maximum absolute atomic E-state index is 5.45. The molecule has 2 unspecified atom stereocenters. The number of nitrogens with zero attached hydrogens (tertiary/aromatic N) is 2. The molecule has 0 saturated heterocycles. The summed E-state index contributed by atoms with van der Waals surface area (Å²) < 4.78 is 10.8. The monoisotopic (exact) mass is 532 g/mol. The number of thiophene rings is 1. The van der Waals surface area contributed by atoms with Gasteiger partial charge in [-0.2, -0.15) is 0 Å². The van der Waals surface area contributed by atoms with Gasteiger partial charge in [0.05, 0.1) is 20.3 Å². The first-order valence-electron chi connectivity index (χ1n) is 9.36. The van der Waals surface area contributed by atoms with Gasteiger partial charge in [0.2, 0.25) is 0 Å². The minimum atomic E-state index is 0. The van der Waals surface area contributed by atoms with Crippen molar-refractivity contribution in [2.24, 2.45) is 4.99 Å². The molecule has 0 fully saturated rings. The molecule has 0 amide bonds. The van der Waals surface area contributed by atoms with Crippen LogP contribution in [-0.2, 0) is 0 Å². The molecule has 0 bridgehead atoms. The first-order chi connectivity index (χ1) is 13.5. The molecule has 0 spiro atoms. The third-order valence-corrected chi connectivity index (χ3v) is 5.81. The predicted molar refractivity (Wildman–Crippen MR) is 133 cm³/mol. The minimum Gasteiger partial charge on any atom is -0.493 e. The van der Waals surface area contributed by atoms with Crippen LogP contribution in [0.1, 0.15) is 29.3 Å². The fourth-order valence-electron chi connectivity index (χ4n) is 2.99. The lowest BCUT2D eigenvalue weighted by Crippen LogP contribution is -2.42. The zero-order chi connectivity index (χ0) is 20.5. The van der Waals surface area contributed by atoms with Gasteiger partial charge < -0.3 is 25.0 Å². The summed E-state index contributed by atoms with van der Waals surface area (Å²) in [5.74, 6) is 2.71. The van der Waals surface area contributed by atoms with Crippen molar-refractivity contribution >= 4 is 41.3 Å². The van der Waals surface area contributed by atoms with Crippen LogP contribution in [-0.4, -0.2) is 59.3 Å². The Labute approximate surface area is 195 Å². The number of nitrogens with one attached hydrogen (secondary N) is 2. The highest BCUT2D eigenvalue weighted by molar-refractivity contribution is 14.0. The second-order valence-corrected chi connectivity index (χ2v) is 7.82. The topological polar surface area (TPSA) is 58.1 Å². The van der Waals surface area contributed by atoms with Gasteiger partial charge in [0.15, 0.2) is 17.5 Å². The summed E-state index contributed by atoms with van der Waals surface area (Å²) in [6.45, 7) is 3.77. The van der Waals surface area contributed by atoms with Gasteiger partial charge >= 0.3 is 0 Å². The molecule has 6 nitrogen and oxygen atoms in total. The van der Waals surface area contributed by atoms with E-state index in [0.717, 1.165) is 36.1 Å². The van der Waals surface area contributed by atoms with Crippen molar-refractivity contribution in [2.45, 2.75) is 18.9 Å². The number of hydrogen-bond donors (Lipinski definition) is 2. The molecule has 0 aliphatic carbocycles. The average molecular weight is 532 g/mol. The van der Waals surface area contributed by atoms with E-state index >= 15 is 0 Å². The fraction of sp³-hybridized carbons (Fsp3) is 0.476. The molecule has 2 rings (SSSR count). The maximum atomic E-state index is 5.45. The van der Waals surface area contributed by atoms with Crippen molar-refractivity contribution in [2.75, 3.05) is 48.5 Å². The Kier molecular flexibility index (Phi) is 11.4. The summed E-state index contributed by atoms with van der Waals surface area (Å²) in [6, 6.07) is 10.5. The lowest BCUT2D eigenvalue weighted by Gasteiger charge is -2.27. The Morgan fingerprint density at radius 1 is 1.10 bits per heavy atom. The zero-order valence-corrected chi connectivity index (χ0v) is 21.2. The van der Waals surface area contributed by atoms with Gasteiger partial charge in [-0.25, -0.2) is 0 Å². The van der Waals surface area contributed by atoms with Gasteiger partial charge in [-0.05, 0) is 43.2 Å². The predicted octanol–water partition coefficient (Wildman–Crippen LogP) is 3.95. The second-order valence-electron chi connectivity index (χ2n) is 6.84. The van der Waals surface area contributed by atoms with Crippen molar-refractivity contribution < 1.29 is 9.47 Å². The molecule has 8 heteroatoms. The lowest BCUT2D eigenvalue weighted by molar-refractivity contribution is 0.295. The van der Waals surface area contributed by atoms with Crippen molar-refractivity contribution in [1.82, 2.24) is 15.5 Å². The molecule has 0 aliphatic heterocycles. The van der Waals surface area contributed by atoms with E-state index in [1.165, 1.54) is 4.88 Å². The Bertz CT molecular complexity index is 753. The molecule has 1 aromatic heterocycles. The van der Waals surface area contributed by atoms with Gasteiger partial charge in [-0.3, -0.25) is 4.99 Å². The third kappa shape index (κ3) is 7.35. The number of methoxy groups -OCH3 is 2. The summed E-state index contributed by atoms with van der Waals surface area (Å²) in [4.78, 5) is 7.91. The van der Waals surface area contributed by atoms with E-state index in [1.807, 2.05) is 12.1 Å². The van der Waals surface area contributed by atoms with Crippen molar-refractivity contribution in [3.05, 3.63) is 46.2 Å². The Hall–Kier alpha value is -1.52. The van der Waals surface area contributed by atoms with Crippen LogP contribution in [0.2, 0.25) is 0 Å². The number of benzene rings is 1. The van der Waals surface area contributed by atoms with Crippen molar-refractivity contribution in [3.8, 4) is 11.5 Å². The van der Waals surface area contributed by atoms with Crippen LogP contribution in [0.25, 0.3) is 0 Å². The lowest BCUT2D eigenvalue weighted by atomic mass is 10.1. The quantitative estimate of drug-likeness (QED) is 0.291. The Morgan fingerprint density at radius 3 is 2.34 bits per heavy atom. The highest BCUT2D eigenvalue weighted by Crippen LogP contribution is 2.31. The number of guanidine groups is 1. The summed E-state index contributed by atoms with van der Waals surface area (Å²) in [6.07, 6.45) is 0. The van der Waals surface area contributed by atoms with Crippen LogP contribution in [0.15, 0.2) is 40.7 Å². The van der Waals surface area contributed by atoms with Crippen molar-refractivity contribution in [3.63, 3.8) is 0 Å². The standard InChI is InChI=1S/C21H32N4O2S.HI/c1-15(20-8-7-11-28-20)13-23-21(22-2)24-14-17(25(3)4)16-9-10-18(26-5)19(12-16)27-6;/h7-12,15,17H,13-14H2,1-6H3,(H2,22,23,24);1H. The average Bonchev–Trinajstić information content (AvgIpc) is 3.24. The number of aliphatic imine (C=N–C) groups is 1. The molecule has 162 valence electrons. The number of halogens is 1. The summed E-state index contributed by atoms with van der Waals surface area (Å²) in [5.41, 5.74) is 1.15. The Morgan fingerprint density at radius 2 is 1.79 bits per heavy atom. The zero-order valence-electron chi connectivity index (χ0n) is 18.1. The van der Waals surface area contributed by atoms with E-state index in [4.69, 9.17) is 9.47 Å². The summed E-state index contributed by atoms with van der Waals surface area (Å²) in [7, 11) is 9.24. The smallest absolute Gasteiger partial charge is 0.191 e. The van der Waals surface area contributed by atoms with Crippen LogP contribution in [0.4, 0.5) is 0 Å². The van der Waals surface area contributed by atoms with E-state index in [-0.39, 0.29) is 30.0 Å². The van der Waals surface area contributed by atoms with E-state index in [1.54, 1.807) is 32.6 Å². The van der Waals surface area contributed by atoms with E-state index in [9.17, 15) is 0 Å².